The molecule has 0 aliphatic carbocycles. The van der Waals surface area contributed by atoms with Gasteiger partial charge in [0, 0.05) is 19.1 Å². The standard InChI is InChI=1S/C19H21NO5S/c1-12(21)20-17(19(23)25-3)11-26-18(22)9-13-4-5-15-10-16(24-2)7-6-14(15)8-13/h4-8,10,17H,9,11H2,1-3H3,(H,20,21). The molecule has 2 aromatic carbocycles. The van der Waals surface area contributed by atoms with Gasteiger partial charge in [-0.2, -0.15) is 0 Å². The van der Waals surface area contributed by atoms with Crippen molar-refractivity contribution in [1.29, 1.82) is 0 Å². The molecule has 1 unspecified atom stereocenters. The van der Waals surface area contributed by atoms with Crippen LogP contribution < -0.4 is 10.1 Å². The van der Waals surface area contributed by atoms with Crippen LogP contribution in [0.25, 0.3) is 10.8 Å². The molecule has 1 amide bonds. The topological polar surface area (TPSA) is 81.7 Å². The molecule has 0 aromatic heterocycles. The number of benzene rings is 2. The number of esters is 1. The van der Waals surface area contributed by atoms with Crippen molar-refractivity contribution in [3.05, 3.63) is 42.0 Å². The smallest absolute Gasteiger partial charge is 0.329 e. The van der Waals surface area contributed by atoms with Crippen LogP contribution in [0.1, 0.15) is 12.5 Å². The largest absolute Gasteiger partial charge is 0.497 e. The van der Waals surface area contributed by atoms with Gasteiger partial charge in [0.15, 0.2) is 5.12 Å². The number of thioether (sulfide) groups is 1. The minimum Gasteiger partial charge on any atom is -0.497 e. The van der Waals surface area contributed by atoms with E-state index in [1.54, 1.807) is 7.11 Å². The number of carbonyl (C=O) groups is 3. The summed E-state index contributed by atoms with van der Waals surface area (Å²) in [6.07, 6.45) is 0.237. The Morgan fingerprint density at radius 1 is 1.08 bits per heavy atom. The van der Waals surface area contributed by atoms with Crippen molar-refractivity contribution >= 4 is 39.5 Å². The van der Waals surface area contributed by atoms with E-state index in [1.165, 1.54) is 14.0 Å². The van der Waals surface area contributed by atoms with Gasteiger partial charge >= 0.3 is 5.97 Å². The van der Waals surface area contributed by atoms with Crippen molar-refractivity contribution in [3.8, 4) is 5.75 Å². The minimum atomic E-state index is -0.837. The monoisotopic (exact) mass is 375 g/mol. The lowest BCUT2D eigenvalue weighted by molar-refractivity contribution is -0.144. The Kier molecular flexibility index (Phi) is 7.03. The predicted molar refractivity (Wildman–Crippen MR) is 101 cm³/mol. The number of hydrogen-bond donors (Lipinski definition) is 1. The Morgan fingerprint density at radius 3 is 2.42 bits per heavy atom. The van der Waals surface area contributed by atoms with Crippen LogP contribution in [0.2, 0.25) is 0 Å². The highest BCUT2D eigenvalue weighted by Gasteiger charge is 2.21. The number of hydrogen-bond acceptors (Lipinski definition) is 6. The van der Waals surface area contributed by atoms with Crippen LogP contribution in [0.15, 0.2) is 36.4 Å². The summed E-state index contributed by atoms with van der Waals surface area (Å²) in [5.41, 5.74) is 0.884. The maximum atomic E-state index is 12.2. The molecule has 2 rings (SSSR count). The number of rotatable bonds is 7. The summed E-state index contributed by atoms with van der Waals surface area (Å²) in [6.45, 7) is 1.31. The van der Waals surface area contributed by atoms with E-state index in [0.717, 1.165) is 33.8 Å². The van der Waals surface area contributed by atoms with Gasteiger partial charge in [-0.25, -0.2) is 4.79 Å². The third-order valence-electron chi connectivity index (χ3n) is 3.73. The molecular weight excluding hydrogens is 354 g/mol. The summed E-state index contributed by atoms with van der Waals surface area (Å²) in [5.74, 6) is -0.00200. The molecule has 0 radical (unpaired) electrons. The average molecular weight is 375 g/mol. The first-order valence-electron chi connectivity index (χ1n) is 8.00. The van der Waals surface area contributed by atoms with Gasteiger partial charge in [0.1, 0.15) is 11.8 Å². The predicted octanol–water partition coefficient (Wildman–Crippen LogP) is 2.33. The first-order chi connectivity index (χ1) is 12.4. The van der Waals surface area contributed by atoms with Gasteiger partial charge in [-0.3, -0.25) is 9.59 Å². The zero-order chi connectivity index (χ0) is 19.1. The average Bonchev–Trinajstić information content (AvgIpc) is 2.63. The molecule has 0 aliphatic rings. The number of fused-ring (bicyclic) bond motifs is 1. The molecule has 1 atom stereocenters. The SMILES string of the molecule is COC(=O)C(CSC(=O)Cc1ccc2cc(OC)ccc2c1)NC(C)=O. The minimum absolute atomic E-state index is 0.0860. The lowest BCUT2D eigenvalue weighted by Crippen LogP contribution is -2.42. The number of carbonyl (C=O) groups excluding carboxylic acids is 3. The molecule has 6 nitrogen and oxygen atoms in total. The Bertz CT molecular complexity index is 821. The highest BCUT2D eigenvalue weighted by atomic mass is 32.2. The lowest BCUT2D eigenvalue weighted by atomic mass is 10.1. The molecule has 2 aromatic rings. The molecule has 0 aliphatic heterocycles. The Hall–Kier alpha value is -2.54. The molecule has 1 N–H and O–H groups in total. The lowest BCUT2D eigenvalue weighted by Gasteiger charge is -2.14. The molecule has 0 bridgehead atoms. The van der Waals surface area contributed by atoms with E-state index in [-0.39, 0.29) is 23.2 Å². The Morgan fingerprint density at radius 2 is 1.77 bits per heavy atom. The van der Waals surface area contributed by atoms with Gasteiger partial charge in [-0.15, -0.1) is 0 Å². The van der Waals surface area contributed by atoms with Crippen LogP contribution >= 0.6 is 11.8 Å². The van der Waals surface area contributed by atoms with Gasteiger partial charge < -0.3 is 14.8 Å². The number of nitrogens with one attached hydrogen (secondary N) is 1. The van der Waals surface area contributed by atoms with Crippen LogP contribution in [-0.4, -0.2) is 43.0 Å². The van der Waals surface area contributed by atoms with Gasteiger partial charge in [0.2, 0.25) is 5.91 Å². The van der Waals surface area contributed by atoms with E-state index in [9.17, 15) is 14.4 Å². The van der Waals surface area contributed by atoms with E-state index in [2.05, 4.69) is 10.1 Å². The van der Waals surface area contributed by atoms with Crippen molar-refractivity contribution in [3.63, 3.8) is 0 Å². The van der Waals surface area contributed by atoms with Crippen molar-refractivity contribution in [2.45, 2.75) is 19.4 Å². The van der Waals surface area contributed by atoms with E-state index in [1.807, 2.05) is 36.4 Å². The van der Waals surface area contributed by atoms with Crippen molar-refractivity contribution in [1.82, 2.24) is 5.32 Å². The third kappa shape index (κ3) is 5.49. The summed E-state index contributed by atoms with van der Waals surface area (Å²) in [6, 6.07) is 10.7. The summed E-state index contributed by atoms with van der Waals surface area (Å²) < 4.78 is 9.84. The highest BCUT2D eigenvalue weighted by Crippen LogP contribution is 2.23. The molecular formula is C19H21NO5S. The van der Waals surface area contributed by atoms with Crippen molar-refractivity contribution in [2.24, 2.45) is 0 Å². The number of ether oxygens (including phenoxy) is 2. The van der Waals surface area contributed by atoms with Crippen LogP contribution in [-0.2, 0) is 25.5 Å². The van der Waals surface area contributed by atoms with E-state index in [0.29, 0.717) is 0 Å². The fraction of sp³-hybridized carbons (Fsp3) is 0.316. The highest BCUT2D eigenvalue weighted by molar-refractivity contribution is 8.13. The van der Waals surface area contributed by atoms with Crippen molar-refractivity contribution < 1.29 is 23.9 Å². The van der Waals surface area contributed by atoms with Gasteiger partial charge in [-0.1, -0.05) is 36.0 Å². The molecule has 0 fully saturated rings. The first kappa shape index (κ1) is 19.8. The van der Waals surface area contributed by atoms with E-state index < -0.39 is 12.0 Å². The molecule has 0 saturated heterocycles. The molecule has 7 heteroatoms. The molecule has 138 valence electrons. The normalized spacial score (nSPS) is 11.7. The van der Waals surface area contributed by atoms with Crippen LogP contribution in [0, 0.1) is 0 Å². The maximum Gasteiger partial charge on any atom is 0.329 e. The maximum absolute atomic E-state index is 12.2. The zero-order valence-electron chi connectivity index (χ0n) is 14.9. The third-order valence-corrected chi connectivity index (χ3v) is 4.70. The second-order valence-corrected chi connectivity index (χ2v) is 6.76. The molecule has 26 heavy (non-hydrogen) atoms. The van der Waals surface area contributed by atoms with Crippen LogP contribution in [0.5, 0.6) is 5.75 Å². The Labute approximate surface area is 156 Å². The second-order valence-electron chi connectivity index (χ2n) is 5.68. The van der Waals surface area contributed by atoms with Crippen LogP contribution in [0.4, 0.5) is 0 Å². The quantitative estimate of drug-likeness (QED) is 0.748. The molecule has 0 spiro atoms. The van der Waals surface area contributed by atoms with E-state index in [4.69, 9.17) is 4.74 Å². The van der Waals surface area contributed by atoms with Gasteiger partial charge in [0.25, 0.3) is 0 Å². The van der Waals surface area contributed by atoms with Crippen LogP contribution in [0.3, 0.4) is 0 Å². The Balaban J connectivity index is 1.99. The van der Waals surface area contributed by atoms with Crippen molar-refractivity contribution in [2.75, 3.05) is 20.0 Å². The summed E-state index contributed by atoms with van der Waals surface area (Å²) in [4.78, 5) is 35.0. The van der Waals surface area contributed by atoms with E-state index >= 15 is 0 Å². The molecule has 0 saturated carbocycles. The van der Waals surface area contributed by atoms with Gasteiger partial charge in [0.05, 0.1) is 14.2 Å². The zero-order valence-corrected chi connectivity index (χ0v) is 15.7. The van der Waals surface area contributed by atoms with Gasteiger partial charge in [-0.05, 0) is 28.5 Å². The number of amides is 1. The fourth-order valence-electron chi connectivity index (χ4n) is 2.46. The first-order valence-corrected chi connectivity index (χ1v) is 8.98. The second kappa shape index (κ2) is 9.24. The summed E-state index contributed by atoms with van der Waals surface area (Å²) in [5, 5.41) is 4.45. The fourth-order valence-corrected chi connectivity index (χ4v) is 3.30. The summed E-state index contributed by atoms with van der Waals surface area (Å²) in [7, 11) is 2.86. The number of methoxy groups -OCH3 is 2. The summed E-state index contributed by atoms with van der Waals surface area (Å²) >= 11 is 1.00. The molecule has 0 heterocycles.